The normalized spacial score (nSPS) is 18.2. The Kier molecular flexibility index (Phi) is 6.53. The molecule has 0 aromatic heterocycles. The van der Waals surface area contributed by atoms with Crippen LogP contribution in [0.25, 0.3) is 0 Å². The summed E-state index contributed by atoms with van der Waals surface area (Å²) in [5.41, 5.74) is 1.33. The molecule has 0 atom stereocenters. The molecular weight excluding hydrogens is 260 g/mol. The summed E-state index contributed by atoms with van der Waals surface area (Å²) in [6.45, 7) is 16.4. The molecule has 0 aliphatic carbocycles. The second kappa shape index (κ2) is 7.69. The Labute approximate surface area is 130 Å². The second-order valence-electron chi connectivity index (χ2n) is 6.20. The first-order valence-corrected chi connectivity index (χ1v) is 8.10. The molecule has 1 aliphatic rings. The summed E-state index contributed by atoms with van der Waals surface area (Å²) < 4.78 is 5.51. The Morgan fingerprint density at radius 3 is 2.24 bits per heavy atom. The van der Waals surface area contributed by atoms with Crippen molar-refractivity contribution in [3.8, 4) is 5.75 Å². The maximum atomic E-state index is 5.51. The molecule has 1 saturated heterocycles. The van der Waals surface area contributed by atoms with E-state index in [0.29, 0.717) is 6.04 Å². The van der Waals surface area contributed by atoms with Crippen molar-refractivity contribution < 1.29 is 4.74 Å². The molecule has 0 spiro atoms. The number of anilines is 1. The highest BCUT2D eigenvalue weighted by Gasteiger charge is 2.35. The van der Waals surface area contributed by atoms with Crippen LogP contribution in [0.5, 0.6) is 5.75 Å². The molecule has 3 nitrogen and oxygen atoms in total. The number of benzene rings is 1. The minimum Gasteiger partial charge on any atom is -0.495 e. The zero-order valence-electron chi connectivity index (χ0n) is 14.8. The van der Waals surface area contributed by atoms with E-state index in [2.05, 4.69) is 49.6 Å². The topological polar surface area (TPSA) is 15.7 Å². The summed E-state index contributed by atoms with van der Waals surface area (Å²) in [4.78, 5) is 5.02. The Hall–Kier alpha value is -1.22. The van der Waals surface area contributed by atoms with Crippen LogP contribution in [0.4, 0.5) is 5.69 Å². The molecule has 1 aromatic rings. The maximum Gasteiger partial charge on any atom is 0.142 e. The summed E-state index contributed by atoms with van der Waals surface area (Å²) in [5.74, 6) is 0.966. The van der Waals surface area contributed by atoms with Crippen LogP contribution < -0.4 is 9.64 Å². The summed E-state index contributed by atoms with van der Waals surface area (Å²) in [7, 11) is 1.75. The number of methoxy groups -OCH3 is 1. The van der Waals surface area contributed by atoms with E-state index < -0.39 is 0 Å². The highest BCUT2D eigenvalue weighted by molar-refractivity contribution is 5.60. The molecule has 1 heterocycles. The quantitative estimate of drug-likeness (QED) is 0.836. The van der Waals surface area contributed by atoms with Gasteiger partial charge in [-0.25, -0.2) is 0 Å². The third-order valence-corrected chi connectivity index (χ3v) is 4.04. The molecule has 0 amide bonds. The molecule has 2 rings (SSSR count). The van der Waals surface area contributed by atoms with Gasteiger partial charge in [0.15, 0.2) is 0 Å². The van der Waals surface area contributed by atoms with Gasteiger partial charge in [-0.15, -0.1) is 0 Å². The third kappa shape index (κ3) is 4.13. The first-order valence-electron chi connectivity index (χ1n) is 8.10. The van der Waals surface area contributed by atoms with Crippen LogP contribution in [-0.4, -0.2) is 43.2 Å². The molecule has 0 N–H and O–H groups in total. The highest BCUT2D eigenvalue weighted by Crippen LogP contribution is 2.35. The van der Waals surface area contributed by atoms with Crippen LogP contribution in [-0.2, 0) is 0 Å². The Morgan fingerprint density at radius 1 is 1.10 bits per heavy atom. The molecule has 3 heteroatoms. The Morgan fingerprint density at radius 2 is 1.71 bits per heavy atom. The molecule has 0 saturated carbocycles. The fourth-order valence-electron chi connectivity index (χ4n) is 2.93. The lowest BCUT2D eigenvalue weighted by Crippen LogP contribution is -2.60. The summed E-state index contributed by atoms with van der Waals surface area (Å²) >= 11 is 0. The van der Waals surface area contributed by atoms with Crippen molar-refractivity contribution in [1.29, 1.82) is 0 Å². The molecule has 1 aromatic carbocycles. The van der Waals surface area contributed by atoms with Gasteiger partial charge in [0.1, 0.15) is 5.75 Å². The average molecular weight is 292 g/mol. The van der Waals surface area contributed by atoms with Crippen LogP contribution in [0.15, 0.2) is 24.3 Å². The number of ether oxygens (including phenoxy) is 1. The largest absolute Gasteiger partial charge is 0.495 e. The first kappa shape index (κ1) is 17.8. The van der Waals surface area contributed by atoms with Crippen molar-refractivity contribution in [2.24, 2.45) is 0 Å². The summed E-state index contributed by atoms with van der Waals surface area (Å²) in [5, 5.41) is 0. The van der Waals surface area contributed by atoms with Crippen molar-refractivity contribution in [2.45, 2.75) is 53.1 Å². The zero-order chi connectivity index (χ0) is 16.0. The van der Waals surface area contributed by atoms with Gasteiger partial charge in [-0.2, -0.15) is 0 Å². The Bertz CT molecular complexity index is 429. The number of rotatable bonds is 3. The summed E-state index contributed by atoms with van der Waals surface area (Å²) in [6.07, 6.45) is 0. The average Bonchev–Trinajstić information content (AvgIpc) is 2.48. The molecular formula is C18H32N2O. The van der Waals surface area contributed by atoms with E-state index in [4.69, 9.17) is 4.74 Å². The molecule has 0 radical (unpaired) electrons. The van der Waals surface area contributed by atoms with Crippen molar-refractivity contribution >= 4 is 5.69 Å². The molecule has 0 bridgehead atoms. The SMILES string of the molecule is CC.COc1ccccc1N1CCN(C(C)C)CC1(C)C. The van der Waals surface area contributed by atoms with Crippen LogP contribution in [0.3, 0.4) is 0 Å². The van der Waals surface area contributed by atoms with Crippen LogP contribution in [0.1, 0.15) is 41.5 Å². The zero-order valence-corrected chi connectivity index (χ0v) is 14.8. The van der Waals surface area contributed by atoms with Crippen LogP contribution in [0.2, 0.25) is 0 Å². The van der Waals surface area contributed by atoms with E-state index in [-0.39, 0.29) is 5.54 Å². The summed E-state index contributed by atoms with van der Waals surface area (Å²) in [6, 6.07) is 8.92. The molecule has 120 valence electrons. The molecule has 0 unspecified atom stereocenters. The van der Waals surface area contributed by atoms with Gasteiger partial charge in [0, 0.05) is 31.2 Å². The predicted octanol–water partition coefficient (Wildman–Crippen LogP) is 4.03. The van der Waals surface area contributed by atoms with Gasteiger partial charge in [0.2, 0.25) is 0 Å². The van der Waals surface area contributed by atoms with E-state index in [1.165, 1.54) is 5.69 Å². The van der Waals surface area contributed by atoms with Crippen molar-refractivity contribution in [3.05, 3.63) is 24.3 Å². The molecule has 21 heavy (non-hydrogen) atoms. The fraction of sp³-hybridized carbons (Fsp3) is 0.667. The van der Waals surface area contributed by atoms with Crippen molar-refractivity contribution in [1.82, 2.24) is 4.90 Å². The third-order valence-electron chi connectivity index (χ3n) is 4.04. The number of para-hydroxylation sites is 2. The lowest BCUT2D eigenvalue weighted by molar-refractivity contribution is 0.147. The van der Waals surface area contributed by atoms with Gasteiger partial charge in [-0.05, 0) is 39.8 Å². The van der Waals surface area contributed by atoms with Gasteiger partial charge in [-0.1, -0.05) is 26.0 Å². The van der Waals surface area contributed by atoms with Crippen molar-refractivity contribution in [3.63, 3.8) is 0 Å². The lowest BCUT2D eigenvalue weighted by Gasteiger charge is -2.50. The van der Waals surface area contributed by atoms with Crippen LogP contribution in [0, 0.1) is 0 Å². The monoisotopic (exact) mass is 292 g/mol. The van der Waals surface area contributed by atoms with E-state index in [0.717, 1.165) is 25.4 Å². The minimum absolute atomic E-state index is 0.122. The number of nitrogens with zero attached hydrogens (tertiary/aromatic N) is 2. The Balaban J connectivity index is 0.00000106. The molecule has 1 aliphatic heterocycles. The minimum atomic E-state index is 0.122. The first-order chi connectivity index (χ1) is 9.95. The molecule has 1 fully saturated rings. The maximum absolute atomic E-state index is 5.51. The number of hydrogen-bond acceptors (Lipinski definition) is 3. The standard InChI is InChI=1S/C16H26N2O.C2H6/c1-13(2)17-10-11-18(16(3,4)12-17)14-8-6-7-9-15(14)19-5;1-2/h6-9,13H,10-12H2,1-5H3;1-2H3. The van der Waals surface area contributed by atoms with Gasteiger partial charge in [-0.3, -0.25) is 4.90 Å². The highest BCUT2D eigenvalue weighted by atomic mass is 16.5. The number of hydrogen-bond donors (Lipinski definition) is 0. The van der Waals surface area contributed by atoms with Gasteiger partial charge in [0.25, 0.3) is 0 Å². The van der Waals surface area contributed by atoms with Gasteiger partial charge < -0.3 is 9.64 Å². The van der Waals surface area contributed by atoms with Crippen LogP contribution >= 0.6 is 0 Å². The van der Waals surface area contributed by atoms with E-state index >= 15 is 0 Å². The van der Waals surface area contributed by atoms with Gasteiger partial charge in [0.05, 0.1) is 12.8 Å². The number of piperazine rings is 1. The lowest BCUT2D eigenvalue weighted by atomic mass is 9.96. The smallest absolute Gasteiger partial charge is 0.142 e. The predicted molar refractivity (Wildman–Crippen MR) is 92.5 cm³/mol. The van der Waals surface area contributed by atoms with Crippen molar-refractivity contribution in [2.75, 3.05) is 31.6 Å². The fourth-order valence-corrected chi connectivity index (χ4v) is 2.93. The van der Waals surface area contributed by atoms with E-state index in [9.17, 15) is 0 Å². The van der Waals surface area contributed by atoms with E-state index in [1.807, 2.05) is 26.0 Å². The van der Waals surface area contributed by atoms with E-state index in [1.54, 1.807) is 7.11 Å². The second-order valence-corrected chi connectivity index (χ2v) is 6.20. The van der Waals surface area contributed by atoms with Gasteiger partial charge >= 0.3 is 0 Å².